The average molecular weight is 749 g/mol. The zero-order valence-corrected chi connectivity index (χ0v) is 30.4. The highest BCUT2D eigenvalue weighted by atomic mass is 79.9. The number of halogens is 1. The number of methoxy groups -OCH3 is 2. The van der Waals surface area contributed by atoms with Crippen LogP contribution in [-0.4, -0.2) is 58.0 Å². The first-order chi connectivity index (χ1) is 23.6. The van der Waals surface area contributed by atoms with Gasteiger partial charge in [-0.2, -0.15) is 0 Å². The van der Waals surface area contributed by atoms with E-state index in [0.29, 0.717) is 5.75 Å². The van der Waals surface area contributed by atoms with Gasteiger partial charge in [-0.3, -0.25) is 13.9 Å². The second kappa shape index (κ2) is 16.4. The standard InChI is InChI=1S/C38H42BrN3O6S/c1-27-16-19-33(20-17-27)49(45,46)42(34-24-32(47-2)18-21-36(34)48-3)26-37(43)41(25-29-12-9-13-30(39)22-29)35(23-28-10-5-4-6-11-28)38(44)40-31-14-7-8-15-31/h4-6,9-13,16-22,24,31,35H,7-8,14-15,23,25-26H2,1-3H3,(H,40,44)/t35-/m1/s1. The molecule has 5 rings (SSSR count). The molecule has 0 unspecified atom stereocenters. The van der Waals surface area contributed by atoms with E-state index in [-0.39, 0.29) is 41.2 Å². The van der Waals surface area contributed by atoms with E-state index in [9.17, 15) is 18.0 Å². The third kappa shape index (κ3) is 9.01. The van der Waals surface area contributed by atoms with Gasteiger partial charge in [-0.05, 0) is 67.3 Å². The lowest BCUT2D eigenvalue weighted by atomic mass is 10.0. The molecule has 0 bridgehead atoms. The third-order valence-corrected chi connectivity index (χ3v) is 11.0. The Morgan fingerprint density at radius 3 is 2.22 bits per heavy atom. The molecule has 1 N–H and O–H groups in total. The largest absolute Gasteiger partial charge is 0.497 e. The first kappa shape index (κ1) is 35.9. The highest BCUT2D eigenvalue weighted by Gasteiger charge is 2.36. The number of carbonyl (C=O) groups excluding carboxylic acids is 2. The molecule has 0 spiro atoms. The topological polar surface area (TPSA) is 105 Å². The van der Waals surface area contributed by atoms with Crippen molar-refractivity contribution in [2.24, 2.45) is 0 Å². The van der Waals surface area contributed by atoms with Crippen LogP contribution in [0.15, 0.2) is 106 Å². The molecule has 1 atom stereocenters. The molecule has 2 amide bonds. The summed E-state index contributed by atoms with van der Waals surface area (Å²) < 4.78 is 41.9. The highest BCUT2D eigenvalue weighted by molar-refractivity contribution is 9.10. The summed E-state index contributed by atoms with van der Waals surface area (Å²) in [5.41, 5.74) is 2.67. The Labute approximate surface area is 297 Å². The molecule has 0 saturated heterocycles. The van der Waals surface area contributed by atoms with E-state index in [4.69, 9.17) is 9.47 Å². The number of carbonyl (C=O) groups is 2. The van der Waals surface area contributed by atoms with Gasteiger partial charge in [0.2, 0.25) is 11.8 Å². The van der Waals surface area contributed by atoms with E-state index in [2.05, 4.69) is 21.2 Å². The van der Waals surface area contributed by atoms with Gasteiger partial charge in [-0.25, -0.2) is 8.42 Å². The van der Waals surface area contributed by atoms with E-state index in [1.165, 1.54) is 37.3 Å². The highest BCUT2D eigenvalue weighted by Crippen LogP contribution is 2.36. The molecule has 9 nitrogen and oxygen atoms in total. The number of benzene rings is 4. The summed E-state index contributed by atoms with van der Waals surface area (Å²) >= 11 is 3.53. The van der Waals surface area contributed by atoms with Gasteiger partial charge in [0, 0.05) is 29.5 Å². The number of amides is 2. The SMILES string of the molecule is COc1ccc(OC)c(N(CC(=O)N(Cc2cccc(Br)c2)[C@H](Cc2ccccc2)C(=O)NC2CCCC2)S(=O)(=O)c2ccc(C)cc2)c1. The van der Waals surface area contributed by atoms with Gasteiger partial charge in [0.25, 0.3) is 10.0 Å². The fourth-order valence-corrected chi connectivity index (χ4v) is 7.96. The average Bonchev–Trinajstić information content (AvgIpc) is 3.62. The normalized spacial score (nSPS) is 13.8. The van der Waals surface area contributed by atoms with Crippen LogP contribution in [0.25, 0.3) is 0 Å². The number of nitrogens with zero attached hydrogens (tertiary/aromatic N) is 2. The van der Waals surface area contributed by atoms with Crippen molar-refractivity contribution in [3.05, 3.63) is 118 Å². The Bertz CT molecular complexity index is 1850. The molecule has 49 heavy (non-hydrogen) atoms. The molecule has 0 aromatic heterocycles. The fourth-order valence-electron chi connectivity index (χ4n) is 6.10. The van der Waals surface area contributed by atoms with Crippen LogP contribution in [0.4, 0.5) is 5.69 Å². The van der Waals surface area contributed by atoms with Gasteiger partial charge < -0.3 is 19.7 Å². The smallest absolute Gasteiger partial charge is 0.264 e. The van der Waals surface area contributed by atoms with E-state index >= 15 is 0 Å². The minimum atomic E-state index is -4.32. The molecule has 1 fully saturated rings. The van der Waals surface area contributed by atoms with Crippen molar-refractivity contribution in [3.63, 3.8) is 0 Å². The minimum Gasteiger partial charge on any atom is -0.497 e. The van der Waals surface area contributed by atoms with Crippen LogP contribution in [0, 0.1) is 6.92 Å². The Balaban J connectivity index is 1.62. The molecule has 0 heterocycles. The van der Waals surface area contributed by atoms with Crippen molar-refractivity contribution >= 4 is 43.5 Å². The Morgan fingerprint density at radius 1 is 0.878 bits per heavy atom. The molecule has 4 aromatic rings. The molecule has 1 aliphatic rings. The summed E-state index contributed by atoms with van der Waals surface area (Å²) in [6, 6.07) is 27.4. The summed E-state index contributed by atoms with van der Waals surface area (Å²) in [6.07, 6.45) is 4.06. The lowest BCUT2D eigenvalue weighted by Crippen LogP contribution is -2.54. The molecule has 1 saturated carbocycles. The Hall–Kier alpha value is -4.35. The van der Waals surface area contributed by atoms with Gasteiger partial charge in [0.15, 0.2) is 0 Å². The van der Waals surface area contributed by atoms with Gasteiger partial charge in [0.05, 0.1) is 24.8 Å². The lowest BCUT2D eigenvalue weighted by molar-refractivity contribution is -0.140. The summed E-state index contributed by atoms with van der Waals surface area (Å²) in [6.45, 7) is 1.34. The first-order valence-corrected chi connectivity index (χ1v) is 18.5. The number of sulfonamides is 1. The van der Waals surface area contributed by atoms with Crippen LogP contribution in [0.5, 0.6) is 11.5 Å². The molecule has 258 valence electrons. The van der Waals surface area contributed by atoms with Gasteiger partial charge in [0.1, 0.15) is 24.1 Å². The number of hydrogen-bond acceptors (Lipinski definition) is 6. The van der Waals surface area contributed by atoms with Crippen LogP contribution in [0.2, 0.25) is 0 Å². The number of nitrogens with one attached hydrogen (secondary N) is 1. The number of rotatable bonds is 14. The van der Waals surface area contributed by atoms with Crippen molar-refractivity contribution in [1.82, 2.24) is 10.2 Å². The molecule has 1 aliphatic carbocycles. The van der Waals surface area contributed by atoms with Crippen LogP contribution in [-0.2, 0) is 32.6 Å². The van der Waals surface area contributed by atoms with Gasteiger partial charge in [-0.15, -0.1) is 0 Å². The maximum absolute atomic E-state index is 14.8. The van der Waals surface area contributed by atoms with E-state index in [1.807, 2.05) is 61.5 Å². The van der Waals surface area contributed by atoms with Crippen LogP contribution >= 0.6 is 15.9 Å². The quantitative estimate of drug-likeness (QED) is 0.155. The summed E-state index contributed by atoms with van der Waals surface area (Å²) in [7, 11) is -1.40. The van der Waals surface area contributed by atoms with Gasteiger partial charge in [-0.1, -0.05) is 88.9 Å². The second-order valence-electron chi connectivity index (χ2n) is 12.2. The van der Waals surface area contributed by atoms with Crippen LogP contribution in [0.1, 0.15) is 42.4 Å². The zero-order valence-electron chi connectivity index (χ0n) is 28.0. The first-order valence-electron chi connectivity index (χ1n) is 16.3. The van der Waals surface area contributed by atoms with E-state index in [0.717, 1.165) is 51.2 Å². The van der Waals surface area contributed by atoms with Crippen molar-refractivity contribution in [3.8, 4) is 11.5 Å². The van der Waals surface area contributed by atoms with Crippen molar-refractivity contribution in [1.29, 1.82) is 0 Å². The van der Waals surface area contributed by atoms with Crippen molar-refractivity contribution in [2.45, 2.75) is 62.6 Å². The minimum absolute atomic E-state index is 0.00845. The predicted octanol–water partition coefficient (Wildman–Crippen LogP) is 6.67. The number of hydrogen-bond donors (Lipinski definition) is 1. The van der Waals surface area contributed by atoms with Crippen molar-refractivity contribution < 1.29 is 27.5 Å². The predicted molar refractivity (Wildman–Crippen MR) is 194 cm³/mol. The third-order valence-electron chi connectivity index (χ3n) is 8.76. The fraction of sp³-hybridized carbons (Fsp3) is 0.316. The van der Waals surface area contributed by atoms with E-state index < -0.39 is 28.5 Å². The molecular formula is C38H42BrN3O6S. The Morgan fingerprint density at radius 2 is 1.57 bits per heavy atom. The number of aryl methyl sites for hydroxylation is 1. The van der Waals surface area contributed by atoms with E-state index in [1.54, 1.807) is 24.3 Å². The number of anilines is 1. The second-order valence-corrected chi connectivity index (χ2v) is 15.0. The lowest BCUT2D eigenvalue weighted by Gasteiger charge is -2.34. The van der Waals surface area contributed by atoms with Crippen LogP contribution in [0.3, 0.4) is 0 Å². The molecule has 4 aromatic carbocycles. The molecular weight excluding hydrogens is 706 g/mol. The molecule has 11 heteroatoms. The number of ether oxygens (including phenoxy) is 2. The molecule has 0 radical (unpaired) electrons. The van der Waals surface area contributed by atoms with Crippen molar-refractivity contribution in [2.75, 3.05) is 25.1 Å². The maximum atomic E-state index is 14.8. The summed E-state index contributed by atoms with van der Waals surface area (Å²) in [5.74, 6) is -0.201. The summed E-state index contributed by atoms with van der Waals surface area (Å²) in [5, 5.41) is 3.20. The zero-order chi connectivity index (χ0) is 35.0. The van der Waals surface area contributed by atoms with Gasteiger partial charge >= 0.3 is 0 Å². The monoisotopic (exact) mass is 747 g/mol. The maximum Gasteiger partial charge on any atom is 0.264 e. The summed E-state index contributed by atoms with van der Waals surface area (Å²) in [4.78, 5) is 30.6. The Kier molecular flexibility index (Phi) is 12.0. The van der Waals surface area contributed by atoms with Crippen LogP contribution < -0.4 is 19.1 Å². The molecule has 0 aliphatic heterocycles.